The molecule has 132 valence electrons. The molecule has 0 atom stereocenters. The zero-order valence-corrected chi connectivity index (χ0v) is 16.7. The van der Waals surface area contributed by atoms with Gasteiger partial charge in [-0.2, -0.15) is 0 Å². The molecular weight excluding hydrogens is 428 g/mol. The molecule has 0 heterocycles. The molecule has 2 N–H and O–H groups in total. The highest BCUT2D eigenvalue weighted by Gasteiger charge is 2.13. The van der Waals surface area contributed by atoms with Crippen LogP contribution in [0, 0.1) is 0 Å². The molecule has 0 saturated carbocycles. The Hall–Kier alpha value is -1.83. The van der Waals surface area contributed by atoms with E-state index in [4.69, 9.17) is 33.3 Å². The second-order valence-corrected chi connectivity index (χ2v) is 6.59. The first kappa shape index (κ1) is 19.5. The van der Waals surface area contributed by atoms with Crippen LogP contribution in [-0.4, -0.2) is 25.2 Å². The summed E-state index contributed by atoms with van der Waals surface area (Å²) in [6.07, 6.45) is 0. The van der Waals surface area contributed by atoms with Crippen molar-refractivity contribution < 1.29 is 14.3 Å². The Morgan fingerprint density at radius 1 is 1.20 bits per heavy atom. The van der Waals surface area contributed by atoms with Gasteiger partial charge in [0.1, 0.15) is 0 Å². The minimum atomic E-state index is -0.302. The predicted octanol–water partition coefficient (Wildman–Crippen LogP) is 3.92. The van der Waals surface area contributed by atoms with Crippen LogP contribution in [0.1, 0.15) is 15.9 Å². The van der Waals surface area contributed by atoms with Crippen LogP contribution in [0.4, 0.5) is 0 Å². The highest BCUT2D eigenvalue weighted by Crippen LogP contribution is 2.32. The van der Waals surface area contributed by atoms with E-state index in [2.05, 4.69) is 26.6 Å². The van der Waals surface area contributed by atoms with Crippen LogP contribution < -0.4 is 20.1 Å². The second-order valence-electron chi connectivity index (χ2n) is 4.92. The zero-order valence-electron chi connectivity index (χ0n) is 13.6. The van der Waals surface area contributed by atoms with Gasteiger partial charge in [0.2, 0.25) is 0 Å². The number of rotatable bonds is 5. The molecule has 0 fully saturated rings. The first-order chi connectivity index (χ1) is 12.0. The molecule has 0 aliphatic carbocycles. The number of nitrogens with one attached hydrogen (secondary N) is 2. The maximum Gasteiger partial charge on any atom is 0.258 e. The molecule has 5 nitrogen and oxygen atoms in total. The normalized spacial score (nSPS) is 10.1. The zero-order chi connectivity index (χ0) is 18.4. The fourth-order valence-electron chi connectivity index (χ4n) is 2.07. The van der Waals surface area contributed by atoms with Crippen molar-refractivity contribution >= 4 is 50.8 Å². The van der Waals surface area contributed by atoms with Crippen molar-refractivity contribution in [3.8, 4) is 11.5 Å². The van der Waals surface area contributed by atoms with Crippen LogP contribution in [0.15, 0.2) is 40.9 Å². The van der Waals surface area contributed by atoms with E-state index in [9.17, 15) is 4.79 Å². The molecule has 2 rings (SSSR count). The van der Waals surface area contributed by atoms with Gasteiger partial charge in [0.25, 0.3) is 5.91 Å². The number of carbonyl (C=O) groups is 1. The molecule has 0 unspecified atom stereocenters. The molecule has 0 aromatic heterocycles. The summed E-state index contributed by atoms with van der Waals surface area (Å²) in [6.45, 7) is 0.328. The van der Waals surface area contributed by atoms with Gasteiger partial charge in [-0.05, 0) is 51.9 Å². The fraction of sp³-hybridized carbons (Fsp3) is 0.176. The number of ether oxygens (including phenoxy) is 2. The van der Waals surface area contributed by atoms with E-state index in [1.807, 2.05) is 6.07 Å². The highest BCUT2D eigenvalue weighted by atomic mass is 79.9. The van der Waals surface area contributed by atoms with Crippen LogP contribution >= 0.6 is 39.7 Å². The molecule has 0 spiro atoms. The van der Waals surface area contributed by atoms with Crippen LogP contribution in [0.2, 0.25) is 5.02 Å². The minimum Gasteiger partial charge on any atom is -0.493 e. The van der Waals surface area contributed by atoms with Crippen molar-refractivity contribution in [2.45, 2.75) is 6.54 Å². The highest BCUT2D eigenvalue weighted by molar-refractivity contribution is 9.10. The summed E-state index contributed by atoms with van der Waals surface area (Å²) in [5.41, 5.74) is 1.26. The molecule has 0 radical (unpaired) electrons. The quantitative estimate of drug-likeness (QED) is 0.686. The van der Waals surface area contributed by atoms with Crippen molar-refractivity contribution in [1.29, 1.82) is 0 Å². The van der Waals surface area contributed by atoms with Gasteiger partial charge >= 0.3 is 0 Å². The molecule has 0 aliphatic rings. The van der Waals surface area contributed by atoms with Gasteiger partial charge in [-0.25, -0.2) is 0 Å². The number of carbonyl (C=O) groups excluding carboxylic acids is 1. The van der Waals surface area contributed by atoms with Crippen molar-refractivity contribution in [3.63, 3.8) is 0 Å². The summed E-state index contributed by atoms with van der Waals surface area (Å²) >= 11 is 14.7. The predicted molar refractivity (Wildman–Crippen MR) is 106 cm³/mol. The van der Waals surface area contributed by atoms with E-state index >= 15 is 0 Å². The minimum absolute atomic E-state index is 0.201. The monoisotopic (exact) mass is 442 g/mol. The molecule has 2 aromatic carbocycles. The molecule has 0 bridgehead atoms. The van der Waals surface area contributed by atoms with Crippen molar-refractivity contribution in [2.24, 2.45) is 0 Å². The molecule has 25 heavy (non-hydrogen) atoms. The Bertz CT molecular complexity index is 801. The molecule has 1 amide bonds. The van der Waals surface area contributed by atoms with Crippen molar-refractivity contribution in [3.05, 3.63) is 57.0 Å². The van der Waals surface area contributed by atoms with Gasteiger partial charge in [0.15, 0.2) is 16.6 Å². The average molecular weight is 444 g/mol. The van der Waals surface area contributed by atoms with E-state index in [0.717, 1.165) is 5.56 Å². The first-order valence-electron chi connectivity index (χ1n) is 7.20. The number of hydrogen-bond acceptors (Lipinski definition) is 4. The standard InChI is InChI=1S/C17H16BrClN2O3S/c1-23-14-7-10(13(19)8-15(14)24-2)9-20-17(25)21-16(22)11-5-3-4-6-12(11)18/h3-8H,9H2,1-2H3,(H2,20,21,22,25). The van der Waals surface area contributed by atoms with Gasteiger partial charge < -0.3 is 14.8 Å². The Labute approximate surface area is 164 Å². The number of amides is 1. The number of hydrogen-bond donors (Lipinski definition) is 2. The largest absolute Gasteiger partial charge is 0.493 e. The molecule has 0 saturated heterocycles. The molecule has 2 aromatic rings. The summed E-state index contributed by atoms with van der Waals surface area (Å²) in [4.78, 5) is 12.2. The smallest absolute Gasteiger partial charge is 0.258 e. The lowest BCUT2D eigenvalue weighted by Gasteiger charge is -2.14. The third-order valence-corrected chi connectivity index (χ3v) is 4.63. The molecule has 8 heteroatoms. The number of halogens is 2. The molecular formula is C17H16BrClN2O3S. The van der Waals surface area contributed by atoms with Gasteiger partial charge in [-0.1, -0.05) is 23.7 Å². The van der Waals surface area contributed by atoms with Gasteiger partial charge in [0, 0.05) is 22.1 Å². The van der Waals surface area contributed by atoms with Crippen molar-refractivity contribution in [2.75, 3.05) is 14.2 Å². The van der Waals surface area contributed by atoms with Gasteiger partial charge in [0.05, 0.1) is 19.8 Å². The average Bonchev–Trinajstić information content (AvgIpc) is 2.60. The van der Waals surface area contributed by atoms with Crippen molar-refractivity contribution in [1.82, 2.24) is 10.6 Å². The fourth-order valence-corrected chi connectivity index (χ4v) is 2.92. The molecule has 0 aliphatic heterocycles. The third-order valence-electron chi connectivity index (χ3n) is 3.34. The first-order valence-corrected chi connectivity index (χ1v) is 8.78. The van der Waals surface area contributed by atoms with E-state index in [-0.39, 0.29) is 11.0 Å². The van der Waals surface area contributed by atoms with E-state index in [1.54, 1.807) is 44.6 Å². The Balaban J connectivity index is 2.01. The van der Waals surface area contributed by atoms with Crippen LogP contribution in [-0.2, 0) is 6.54 Å². The number of thiocarbonyl (C=S) groups is 1. The maximum atomic E-state index is 12.2. The lowest BCUT2D eigenvalue weighted by atomic mass is 10.2. The lowest BCUT2D eigenvalue weighted by Crippen LogP contribution is -2.39. The Morgan fingerprint density at radius 2 is 1.84 bits per heavy atom. The summed E-state index contributed by atoms with van der Waals surface area (Å²) in [5, 5.41) is 6.29. The van der Waals surface area contributed by atoms with Crippen LogP contribution in [0.25, 0.3) is 0 Å². The van der Waals surface area contributed by atoms with Crippen LogP contribution in [0.3, 0.4) is 0 Å². The summed E-state index contributed by atoms with van der Waals surface area (Å²) in [7, 11) is 3.09. The van der Waals surface area contributed by atoms with E-state index < -0.39 is 0 Å². The number of benzene rings is 2. The summed E-state index contributed by atoms with van der Waals surface area (Å²) in [5.74, 6) is 0.802. The Kier molecular flexibility index (Phi) is 7.04. The maximum absolute atomic E-state index is 12.2. The third kappa shape index (κ3) is 5.07. The van der Waals surface area contributed by atoms with Gasteiger partial charge in [-0.3, -0.25) is 10.1 Å². The second kappa shape index (κ2) is 9.03. The topological polar surface area (TPSA) is 59.6 Å². The SMILES string of the molecule is COc1cc(Cl)c(CNC(=S)NC(=O)c2ccccc2Br)cc1OC. The lowest BCUT2D eigenvalue weighted by molar-refractivity contribution is 0.0976. The Morgan fingerprint density at radius 3 is 2.48 bits per heavy atom. The van der Waals surface area contributed by atoms with E-state index in [0.29, 0.717) is 33.1 Å². The summed E-state index contributed by atoms with van der Waals surface area (Å²) in [6, 6.07) is 10.5. The van der Waals surface area contributed by atoms with Crippen LogP contribution in [0.5, 0.6) is 11.5 Å². The number of methoxy groups -OCH3 is 2. The summed E-state index contributed by atoms with van der Waals surface area (Å²) < 4.78 is 11.1. The van der Waals surface area contributed by atoms with E-state index in [1.165, 1.54) is 0 Å². The van der Waals surface area contributed by atoms with Gasteiger partial charge in [-0.15, -0.1) is 0 Å².